The second-order valence-electron chi connectivity index (χ2n) is 5.31. The standard InChI is InChI=1S/C15H18N2O4/c1-9-7-8-17(13(9)15(20)21)14(19)11-3-5-12(6-4-11)16-10(2)18/h3-6,9,13H,7-8H2,1-2H3,(H,16,18)(H,20,21). The molecule has 1 heterocycles. The Labute approximate surface area is 122 Å². The molecule has 1 aliphatic rings. The minimum atomic E-state index is -0.969. The number of anilines is 1. The molecule has 1 aromatic carbocycles. The van der Waals surface area contributed by atoms with Crippen LogP contribution in [0.25, 0.3) is 0 Å². The summed E-state index contributed by atoms with van der Waals surface area (Å²) in [5.41, 5.74) is 1.02. The van der Waals surface area contributed by atoms with E-state index in [1.165, 1.54) is 11.8 Å². The van der Waals surface area contributed by atoms with Crippen molar-refractivity contribution >= 4 is 23.5 Å². The van der Waals surface area contributed by atoms with Crippen molar-refractivity contribution in [3.63, 3.8) is 0 Å². The van der Waals surface area contributed by atoms with E-state index in [1.54, 1.807) is 24.3 Å². The van der Waals surface area contributed by atoms with E-state index in [2.05, 4.69) is 5.32 Å². The van der Waals surface area contributed by atoms with Crippen molar-refractivity contribution in [2.24, 2.45) is 5.92 Å². The van der Waals surface area contributed by atoms with E-state index in [0.29, 0.717) is 24.2 Å². The zero-order valence-electron chi connectivity index (χ0n) is 12.0. The lowest BCUT2D eigenvalue weighted by Gasteiger charge is -2.23. The number of likely N-dealkylation sites (tertiary alicyclic amines) is 1. The number of hydrogen-bond donors (Lipinski definition) is 2. The molecular weight excluding hydrogens is 272 g/mol. The Bertz CT molecular complexity index is 568. The highest BCUT2D eigenvalue weighted by molar-refractivity contribution is 5.97. The van der Waals surface area contributed by atoms with Gasteiger partial charge in [-0.05, 0) is 36.6 Å². The predicted molar refractivity (Wildman–Crippen MR) is 77.0 cm³/mol. The Balaban J connectivity index is 2.16. The smallest absolute Gasteiger partial charge is 0.326 e. The summed E-state index contributed by atoms with van der Waals surface area (Å²) in [6.45, 7) is 3.69. The van der Waals surface area contributed by atoms with Gasteiger partial charge in [-0.3, -0.25) is 9.59 Å². The molecule has 6 heteroatoms. The predicted octanol–water partition coefficient (Wildman–Crippen LogP) is 1.58. The maximum atomic E-state index is 12.4. The first kappa shape index (κ1) is 15.0. The van der Waals surface area contributed by atoms with Crippen molar-refractivity contribution in [3.05, 3.63) is 29.8 Å². The van der Waals surface area contributed by atoms with Crippen LogP contribution in [0.5, 0.6) is 0 Å². The molecule has 1 saturated heterocycles. The van der Waals surface area contributed by atoms with E-state index in [0.717, 1.165) is 0 Å². The number of aliphatic carboxylic acids is 1. The molecule has 2 unspecified atom stereocenters. The quantitative estimate of drug-likeness (QED) is 0.885. The summed E-state index contributed by atoms with van der Waals surface area (Å²) in [7, 11) is 0. The second kappa shape index (κ2) is 5.95. The third-order valence-corrected chi connectivity index (χ3v) is 3.67. The summed E-state index contributed by atoms with van der Waals surface area (Å²) in [6.07, 6.45) is 0.687. The van der Waals surface area contributed by atoms with Gasteiger partial charge >= 0.3 is 5.97 Å². The van der Waals surface area contributed by atoms with E-state index in [9.17, 15) is 19.5 Å². The number of hydrogen-bond acceptors (Lipinski definition) is 3. The molecule has 21 heavy (non-hydrogen) atoms. The van der Waals surface area contributed by atoms with E-state index in [4.69, 9.17) is 0 Å². The minimum absolute atomic E-state index is 0.0508. The van der Waals surface area contributed by atoms with Crippen LogP contribution in [0, 0.1) is 5.92 Å². The van der Waals surface area contributed by atoms with Crippen LogP contribution in [0.4, 0.5) is 5.69 Å². The molecule has 0 aromatic heterocycles. The highest BCUT2D eigenvalue weighted by atomic mass is 16.4. The zero-order valence-corrected chi connectivity index (χ0v) is 12.0. The normalized spacial score (nSPS) is 21.1. The third kappa shape index (κ3) is 3.21. The maximum Gasteiger partial charge on any atom is 0.326 e. The molecule has 2 atom stereocenters. The largest absolute Gasteiger partial charge is 0.480 e. The van der Waals surface area contributed by atoms with Gasteiger partial charge in [0.25, 0.3) is 5.91 Å². The topological polar surface area (TPSA) is 86.7 Å². The Hall–Kier alpha value is -2.37. The van der Waals surface area contributed by atoms with Crippen molar-refractivity contribution in [1.82, 2.24) is 4.90 Å². The molecule has 6 nitrogen and oxygen atoms in total. The van der Waals surface area contributed by atoms with Crippen LogP contribution >= 0.6 is 0 Å². The molecule has 1 fully saturated rings. The monoisotopic (exact) mass is 290 g/mol. The number of carboxylic acid groups (broad SMARTS) is 1. The Morgan fingerprint density at radius 3 is 2.38 bits per heavy atom. The highest BCUT2D eigenvalue weighted by Crippen LogP contribution is 2.26. The Morgan fingerprint density at radius 1 is 1.24 bits per heavy atom. The maximum absolute atomic E-state index is 12.4. The summed E-state index contributed by atoms with van der Waals surface area (Å²) >= 11 is 0. The summed E-state index contributed by atoms with van der Waals surface area (Å²) in [4.78, 5) is 36.1. The fourth-order valence-corrected chi connectivity index (χ4v) is 2.62. The fourth-order valence-electron chi connectivity index (χ4n) is 2.62. The van der Waals surface area contributed by atoms with E-state index in [-0.39, 0.29) is 17.7 Å². The molecule has 2 N–H and O–H groups in total. The van der Waals surface area contributed by atoms with E-state index >= 15 is 0 Å². The second-order valence-corrected chi connectivity index (χ2v) is 5.31. The van der Waals surface area contributed by atoms with Crippen LogP contribution in [0.3, 0.4) is 0 Å². The van der Waals surface area contributed by atoms with Gasteiger partial charge in [-0.25, -0.2) is 4.79 Å². The molecule has 2 amide bonds. The van der Waals surface area contributed by atoms with E-state index < -0.39 is 12.0 Å². The number of carboxylic acids is 1. The summed E-state index contributed by atoms with van der Waals surface area (Å²) in [5.74, 6) is -1.50. The lowest BCUT2D eigenvalue weighted by atomic mass is 10.0. The first-order valence-electron chi connectivity index (χ1n) is 6.81. The van der Waals surface area contributed by atoms with Crippen molar-refractivity contribution < 1.29 is 19.5 Å². The fraction of sp³-hybridized carbons (Fsp3) is 0.400. The van der Waals surface area contributed by atoms with Gasteiger partial charge in [-0.15, -0.1) is 0 Å². The van der Waals surface area contributed by atoms with Gasteiger partial charge in [0.05, 0.1) is 0 Å². The van der Waals surface area contributed by atoms with Gasteiger partial charge in [0.1, 0.15) is 6.04 Å². The molecule has 0 spiro atoms. The van der Waals surface area contributed by atoms with Crippen LogP contribution in [-0.2, 0) is 9.59 Å². The van der Waals surface area contributed by atoms with Crippen molar-refractivity contribution in [1.29, 1.82) is 0 Å². The van der Waals surface area contributed by atoms with Gasteiger partial charge in [0.2, 0.25) is 5.91 Å². The lowest BCUT2D eigenvalue weighted by Crippen LogP contribution is -2.42. The van der Waals surface area contributed by atoms with Crippen molar-refractivity contribution in [3.8, 4) is 0 Å². The number of amides is 2. The first-order valence-corrected chi connectivity index (χ1v) is 6.81. The molecule has 0 saturated carbocycles. The number of benzene rings is 1. The first-order chi connectivity index (χ1) is 9.90. The van der Waals surface area contributed by atoms with E-state index in [1.807, 2.05) is 6.92 Å². The van der Waals surface area contributed by atoms with Crippen LogP contribution in [0.1, 0.15) is 30.6 Å². The van der Waals surface area contributed by atoms with Crippen LogP contribution in [-0.4, -0.2) is 40.4 Å². The average Bonchev–Trinajstić information content (AvgIpc) is 2.80. The van der Waals surface area contributed by atoms with Crippen molar-refractivity contribution in [2.75, 3.05) is 11.9 Å². The molecule has 1 aromatic rings. The number of carbonyl (C=O) groups excluding carboxylic acids is 2. The number of nitrogens with zero attached hydrogens (tertiary/aromatic N) is 1. The van der Waals surface area contributed by atoms with Gasteiger partial charge < -0.3 is 15.3 Å². The minimum Gasteiger partial charge on any atom is -0.480 e. The zero-order chi connectivity index (χ0) is 15.6. The molecular formula is C15H18N2O4. The third-order valence-electron chi connectivity index (χ3n) is 3.67. The number of rotatable bonds is 3. The average molecular weight is 290 g/mol. The van der Waals surface area contributed by atoms with Gasteiger partial charge in [0.15, 0.2) is 0 Å². The van der Waals surface area contributed by atoms with Gasteiger partial charge in [-0.1, -0.05) is 6.92 Å². The summed E-state index contributed by atoms with van der Waals surface area (Å²) in [6, 6.07) is 5.67. The molecule has 2 rings (SSSR count). The van der Waals surface area contributed by atoms with Crippen LogP contribution in [0.15, 0.2) is 24.3 Å². The molecule has 112 valence electrons. The molecule has 0 bridgehead atoms. The molecule has 0 radical (unpaired) electrons. The van der Waals surface area contributed by atoms with Gasteiger partial charge in [-0.2, -0.15) is 0 Å². The lowest BCUT2D eigenvalue weighted by molar-refractivity contribution is -0.142. The number of carbonyl (C=O) groups is 3. The highest BCUT2D eigenvalue weighted by Gasteiger charge is 2.39. The number of nitrogens with one attached hydrogen (secondary N) is 1. The Morgan fingerprint density at radius 2 is 1.86 bits per heavy atom. The van der Waals surface area contributed by atoms with Gasteiger partial charge in [0, 0.05) is 24.7 Å². The SMILES string of the molecule is CC(=O)Nc1ccc(C(=O)N2CCC(C)C2C(=O)O)cc1. The van der Waals surface area contributed by atoms with Crippen LogP contribution in [0.2, 0.25) is 0 Å². The Kier molecular flexibility index (Phi) is 4.26. The molecule has 0 aliphatic carbocycles. The summed E-state index contributed by atoms with van der Waals surface area (Å²) < 4.78 is 0. The summed E-state index contributed by atoms with van der Waals surface area (Å²) in [5, 5.41) is 11.9. The van der Waals surface area contributed by atoms with Crippen LogP contribution < -0.4 is 5.32 Å². The van der Waals surface area contributed by atoms with Crippen molar-refractivity contribution in [2.45, 2.75) is 26.3 Å². The molecule has 1 aliphatic heterocycles.